The maximum atomic E-state index is 4.75. The molecule has 0 aliphatic carbocycles. The number of rotatable bonds is 6. The standard InChI is InChI=1S/C20H28N4/c1-5-21-20(22-13-12-18-11-8-17(3)23-14-18)24(4)15-19-9-6-16(2)7-10-19/h6-11,14H,5,12-13,15H2,1-4H3,(H,21,22). The highest BCUT2D eigenvalue weighted by atomic mass is 15.3. The van der Waals surface area contributed by atoms with Crippen molar-refractivity contribution in [2.45, 2.75) is 33.7 Å². The van der Waals surface area contributed by atoms with E-state index in [0.29, 0.717) is 0 Å². The molecule has 2 aromatic rings. The molecule has 1 N–H and O–H groups in total. The van der Waals surface area contributed by atoms with Crippen LogP contribution in [0.4, 0.5) is 0 Å². The zero-order valence-corrected chi connectivity index (χ0v) is 15.2. The predicted octanol–water partition coefficient (Wildman–Crippen LogP) is 3.34. The molecule has 24 heavy (non-hydrogen) atoms. The van der Waals surface area contributed by atoms with E-state index in [9.17, 15) is 0 Å². The zero-order valence-electron chi connectivity index (χ0n) is 15.2. The maximum Gasteiger partial charge on any atom is 0.193 e. The van der Waals surface area contributed by atoms with Gasteiger partial charge in [0.25, 0.3) is 0 Å². The van der Waals surface area contributed by atoms with Crippen LogP contribution in [0.2, 0.25) is 0 Å². The fourth-order valence-electron chi connectivity index (χ4n) is 2.45. The molecule has 0 atom stereocenters. The van der Waals surface area contributed by atoms with E-state index in [1.807, 2.05) is 19.2 Å². The largest absolute Gasteiger partial charge is 0.357 e. The highest BCUT2D eigenvalue weighted by molar-refractivity contribution is 5.79. The summed E-state index contributed by atoms with van der Waals surface area (Å²) in [6.07, 6.45) is 2.84. The second kappa shape index (κ2) is 9.06. The van der Waals surface area contributed by atoms with Gasteiger partial charge in [-0.25, -0.2) is 0 Å². The molecule has 0 aliphatic heterocycles. The van der Waals surface area contributed by atoms with Crippen molar-refractivity contribution < 1.29 is 0 Å². The monoisotopic (exact) mass is 324 g/mol. The van der Waals surface area contributed by atoms with E-state index in [0.717, 1.165) is 37.7 Å². The first-order valence-corrected chi connectivity index (χ1v) is 8.55. The molecule has 0 amide bonds. The van der Waals surface area contributed by atoms with E-state index in [4.69, 9.17) is 4.99 Å². The minimum absolute atomic E-state index is 0.755. The molecule has 0 radical (unpaired) electrons. The van der Waals surface area contributed by atoms with Gasteiger partial charge in [0.05, 0.1) is 0 Å². The van der Waals surface area contributed by atoms with Crippen LogP contribution in [-0.2, 0) is 13.0 Å². The molecular weight excluding hydrogens is 296 g/mol. The van der Waals surface area contributed by atoms with E-state index in [1.165, 1.54) is 16.7 Å². The van der Waals surface area contributed by atoms with Crippen LogP contribution in [-0.4, -0.2) is 36.0 Å². The molecule has 0 aliphatic rings. The highest BCUT2D eigenvalue weighted by Gasteiger charge is 2.06. The van der Waals surface area contributed by atoms with E-state index in [2.05, 4.69) is 66.4 Å². The third kappa shape index (κ3) is 5.69. The molecule has 0 saturated heterocycles. The Hall–Kier alpha value is -2.36. The SMILES string of the molecule is CCNC(=NCCc1ccc(C)nc1)N(C)Cc1ccc(C)cc1. The van der Waals surface area contributed by atoms with Crippen molar-refractivity contribution in [3.8, 4) is 0 Å². The van der Waals surface area contributed by atoms with Gasteiger partial charge in [-0.3, -0.25) is 9.98 Å². The lowest BCUT2D eigenvalue weighted by atomic mass is 10.1. The second-order valence-corrected chi connectivity index (χ2v) is 6.14. The lowest BCUT2D eigenvalue weighted by molar-refractivity contribution is 0.477. The molecule has 0 spiro atoms. The van der Waals surface area contributed by atoms with Gasteiger partial charge in [-0.2, -0.15) is 0 Å². The summed E-state index contributed by atoms with van der Waals surface area (Å²) in [6.45, 7) is 8.68. The quantitative estimate of drug-likeness (QED) is 0.654. The van der Waals surface area contributed by atoms with Crippen molar-refractivity contribution in [3.05, 3.63) is 65.0 Å². The van der Waals surface area contributed by atoms with Crippen LogP contribution in [0, 0.1) is 13.8 Å². The van der Waals surface area contributed by atoms with Crippen LogP contribution >= 0.6 is 0 Å². The highest BCUT2D eigenvalue weighted by Crippen LogP contribution is 2.06. The smallest absolute Gasteiger partial charge is 0.193 e. The van der Waals surface area contributed by atoms with Gasteiger partial charge in [-0.15, -0.1) is 0 Å². The van der Waals surface area contributed by atoms with E-state index >= 15 is 0 Å². The zero-order chi connectivity index (χ0) is 17.4. The van der Waals surface area contributed by atoms with Gasteiger partial charge in [-0.1, -0.05) is 35.9 Å². The number of nitrogens with one attached hydrogen (secondary N) is 1. The molecule has 0 bridgehead atoms. The van der Waals surface area contributed by atoms with Crippen molar-refractivity contribution in [2.24, 2.45) is 4.99 Å². The Morgan fingerprint density at radius 3 is 2.42 bits per heavy atom. The molecule has 2 rings (SSSR count). The predicted molar refractivity (Wildman–Crippen MR) is 101 cm³/mol. The first-order valence-electron chi connectivity index (χ1n) is 8.55. The summed E-state index contributed by atoms with van der Waals surface area (Å²) in [5, 5.41) is 3.37. The van der Waals surface area contributed by atoms with Crippen molar-refractivity contribution in [3.63, 3.8) is 0 Å². The Bertz CT molecular complexity index is 644. The van der Waals surface area contributed by atoms with Gasteiger partial charge < -0.3 is 10.2 Å². The van der Waals surface area contributed by atoms with Crippen LogP contribution in [0.1, 0.15) is 29.3 Å². The van der Waals surface area contributed by atoms with Crippen molar-refractivity contribution in [1.82, 2.24) is 15.2 Å². The van der Waals surface area contributed by atoms with Crippen LogP contribution in [0.15, 0.2) is 47.6 Å². The molecule has 4 nitrogen and oxygen atoms in total. The van der Waals surface area contributed by atoms with Crippen molar-refractivity contribution in [1.29, 1.82) is 0 Å². The number of hydrogen-bond donors (Lipinski definition) is 1. The summed E-state index contributed by atoms with van der Waals surface area (Å²) >= 11 is 0. The molecule has 1 aromatic carbocycles. The van der Waals surface area contributed by atoms with Gasteiger partial charge >= 0.3 is 0 Å². The second-order valence-electron chi connectivity index (χ2n) is 6.14. The number of aryl methyl sites for hydroxylation is 2. The van der Waals surface area contributed by atoms with E-state index < -0.39 is 0 Å². The Balaban J connectivity index is 1.95. The number of guanidine groups is 1. The number of aromatic nitrogens is 1. The average Bonchev–Trinajstić information content (AvgIpc) is 2.58. The third-order valence-corrected chi connectivity index (χ3v) is 3.87. The van der Waals surface area contributed by atoms with E-state index in [-0.39, 0.29) is 0 Å². The fraction of sp³-hybridized carbons (Fsp3) is 0.400. The Morgan fingerprint density at radius 1 is 1.08 bits per heavy atom. The van der Waals surface area contributed by atoms with Crippen molar-refractivity contribution >= 4 is 5.96 Å². The minimum Gasteiger partial charge on any atom is -0.357 e. The third-order valence-electron chi connectivity index (χ3n) is 3.87. The molecule has 4 heteroatoms. The van der Waals surface area contributed by atoms with Gasteiger partial charge in [0.2, 0.25) is 0 Å². The summed E-state index contributed by atoms with van der Waals surface area (Å²) in [4.78, 5) is 11.3. The summed E-state index contributed by atoms with van der Waals surface area (Å²) in [5.41, 5.74) is 4.85. The lowest BCUT2D eigenvalue weighted by Crippen LogP contribution is -2.38. The van der Waals surface area contributed by atoms with E-state index in [1.54, 1.807) is 0 Å². The first kappa shape index (κ1) is 18.0. The summed E-state index contributed by atoms with van der Waals surface area (Å²) in [7, 11) is 2.08. The van der Waals surface area contributed by atoms with Gasteiger partial charge in [0.1, 0.15) is 0 Å². The van der Waals surface area contributed by atoms with Gasteiger partial charge in [0, 0.05) is 38.6 Å². The average molecular weight is 324 g/mol. The number of benzene rings is 1. The summed E-state index contributed by atoms with van der Waals surface area (Å²) < 4.78 is 0. The lowest BCUT2D eigenvalue weighted by Gasteiger charge is -2.22. The molecule has 128 valence electrons. The molecule has 1 heterocycles. The molecular formula is C20H28N4. The molecule has 1 aromatic heterocycles. The number of aliphatic imine (C=N–C) groups is 1. The van der Waals surface area contributed by atoms with Crippen LogP contribution in [0.5, 0.6) is 0 Å². The van der Waals surface area contributed by atoms with Crippen LogP contribution in [0.3, 0.4) is 0 Å². The minimum atomic E-state index is 0.755. The van der Waals surface area contributed by atoms with Crippen LogP contribution in [0.25, 0.3) is 0 Å². The first-order chi connectivity index (χ1) is 11.6. The Kier molecular flexibility index (Phi) is 6.79. The number of nitrogens with zero attached hydrogens (tertiary/aromatic N) is 3. The Labute approximate surface area is 145 Å². The van der Waals surface area contributed by atoms with Gasteiger partial charge in [0.15, 0.2) is 5.96 Å². The summed E-state index contributed by atoms with van der Waals surface area (Å²) in [6, 6.07) is 12.8. The summed E-state index contributed by atoms with van der Waals surface area (Å²) in [5.74, 6) is 0.943. The molecule has 0 unspecified atom stereocenters. The van der Waals surface area contributed by atoms with Crippen molar-refractivity contribution in [2.75, 3.05) is 20.1 Å². The number of pyridine rings is 1. The molecule has 0 saturated carbocycles. The van der Waals surface area contributed by atoms with Crippen LogP contribution < -0.4 is 5.32 Å². The number of hydrogen-bond acceptors (Lipinski definition) is 2. The maximum absolute atomic E-state index is 4.75. The molecule has 0 fully saturated rings. The Morgan fingerprint density at radius 2 is 1.79 bits per heavy atom. The normalized spacial score (nSPS) is 11.4. The topological polar surface area (TPSA) is 40.5 Å². The fourth-order valence-corrected chi connectivity index (χ4v) is 2.45. The van der Waals surface area contributed by atoms with Gasteiger partial charge in [-0.05, 0) is 44.4 Å².